The molecule has 106 valence electrons. The van der Waals surface area contributed by atoms with E-state index in [0.717, 1.165) is 5.56 Å². The quantitative estimate of drug-likeness (QED) is 0.770. The number of methoxy groups -OCH3 is 1. The smallest absolute Gasteiger partial charge is 0.322 e. The highest BCUT2D eigenvalue weighted by atomic mass is 19.1. The van der Waals surface area contributed by atoms with Crippen LogP contribution in [0.4, 0.5) is 4.39 Å². The van der Waals surface area contributed by atoms with Crippen LogP contribution in [0.5, 0.6) is 5.75 Å². The Morgan fingerprint density at radius 3 is 2.84 bits per heavy atom. The highest BCUT2D eigenvalue weighted by Gasteiger charge is 2.17. The van der Waals surface area contributed by atoms with E-state index in [1.807, 2.05) is 13.8 Å². The number of nitrogens with one attached hydrogen (secondary N) is 1. The van der Waals surface area contributed by atoms with E-state index in [-0.39, 0.29) is 18.3 Å². The first-order valence-electron chi connectivity index (χ1n) is 6.28. The van der Waals surface area contributed by atoms with Crippen LogP contribution in [0, 0.1) is 12.7 Å². The number of halogens is 1. The molecule has 1 unspecified atom stereocenters. The molecule has 0 aliphatic carbocycles. The number of carbonyl (C=O) groups excluding carboxylic acids is 1. The molecule has 1 N–H and O–H groups in total. The molecule has 0 saturated carbocycles. The number of hydrogen-bond donors (Lipinski definition) is 1. The van der Waals surface area contributed by atoms with Crippen LogP contribution in [-0.2, 0) is 9.53 Å². The summed E-state index contributed by atoms with van der Waals surface area (Å²) in [6.07, 6.45) is 0.424. The molecule has 0 aliphatic rings. The molecule has 4 nitrogen and oxygen atoms in total. The highest BCUT2D eigenvalue weighted by molar-refractivity contribution is 5.75. The third-order valence-corrected chi connectivity index (χ3v) is 2.69. The van der Waals surface area contributed by atoms with Gasteiger partial charge in [-0.1, -0.05) is 13.0 Å². The van der Waals surface area contributed by atoms with Crippen LogP contribution in [-0.4, -0.2) is 32.3 Å². The third kappa shape index (κ3) is 4.87. The number of rotatable bonds is 7. The number of likely N-dealkylation sites (N-methyl/N-ethyl adjacent to an activating group) is 1. The second-order valence-electron chi connectivity index (χ2n) is 4.20. The van der Waals surface area contributed by atoms with Gasteiger partial charge >= 0.3 is 5.97 Å². The van der Waals surface area contributed by atoms with E-state index < -0.39 is 11.9 Å². The second kappa shape index (κ2) is 7.74. The lowest BCUT2D eigenvalue weighted by Gasteiger charge is -2.16. The van der Waals surface area contributed by atoms with Crippen molar-refractivity contribution < 1.29 is 18.7 Å². The van der Waals surface area contributed by atoms with Gasteiger partial charge in [0, 0.05) is 6.42 Å². The van der Waals surface area contributed by atoms with Gasteiger partial charge in [0.15, 0.2) is 11.6 Å². The largest absolute Gasteiger partial charge is 0.490 e. The molecule has 0 fully saturated rings. The molecule has 1 aromatic rings. The van der Waals surface area contributed by atoms with E-state index in [2.05, 4.69) is 10.1 Å². The van der Waals surface area contributed by atoms with Crippen LogP contribution in [0.2, 0.25) is 0 Å². The molecule has 19 heavy (non-hydrogen) atoms. The average molecular weight is 269 g/mol. The van der Waals surface area contributed by atoms with Crippen molar-refractivity contribution in [1.29, 1.82) is 0 Å². The fourth-order valence-corrected chi connectivity index (χ4v) is 1.70. The first-order chi connectivity index (χ1) is 9.08. The molecule has 0 aliphatic heterocycles. The predicted octanol–water partition coefficient (Wildman–Crippen LogP) is 2.05. The molecule has 5 heteroatoms. The summed E-state index contributed by atoms with van der Waals surface area (Å²) in [5, 5.41) is 3.00. The van der Waals surface area contributed by atoms with Crippen molar-refractivity contribution in [1.82, 2.24) is 5.32 Å². The fourth-order valence-electron chi connectivity index (χ4n) is 1.70. The Balaban J connectivity index is 2.51. The molecular formula is C14H20FNO3. The molecule has 0 heterocycles. The summed E-state index contributed by atoms with van der Waals surface area (Å²) in [6, 6.07) is 4.25. The number of aryl methyl sites for hydroxylation is 1. The lowest BCUT2D eigenvalue weighted by atomic mass is 10.2. The van der Waals surface area contributed by atoms with Gasteiger partial charge in [0.25, 0.3) is 0 Å². The monoisotopic (exact) mass is 269 g/mol. The number of esters is 1. The van der Waals surface area contributed by atoms with Crippen LogP contribution < -0.4 is 10.1 Å². The minimum absolute atomic E-state index is 0.208. The Kier molecular flexibility index (Phi) is 6.29. The predicted molar refractivity (Wildman–Crippen MR) is 70.7 cm³/mol. The van der Waals surface area contributed by atoms with Crippen molar-refractivity contribution >= 4 is 5.97 Å². The topological polar surface area (TPSA) is 47.6 Å². The van der Waals surface area contributed by atoms with Gasteiger partial charge in [-0.05, 0) is 31.2 Å². The van der Waals surface area contributed by atoms with Crippen LogP contribution >= 0.6 is 0 Å². The minimum atomic E-state index is -0.428. The number of hydrogen-bond acceptors (Lipinski definition) is 4. The van der Waals surface area contributed by atoms with E-state index in [1.54, 1.807) is 12.1 Å². The molecule has 1 rings (SSSR count). The normalized spacial score (nSPS) is 12.0. The lowest BCUT2D eigenvalue weighted by molar-refractivity contribution is -0.143. The van der Waals surface area contributed by atoms with Gasteiger partial charge in [-0.3, -0.25) is 4.79 Å². The van der Waals surface area contributed by atoms with Gasteiger partial charge in [-0.25, -0.2) is 4.39 Å². The van der Waals surface area contributed by atoms with E-state index in [9.17, 15) is 9.18 Å². The molecule has 0 spiro atoms. The van der Waals surface area contributed by atoms with Gasteiger partial charge in [-0.15, -0.1) is 0 Å². The Morgan fingerprint density at radius 1 is 1.47 bits per heavy atom. The maximum atomic E-state index is 13.4. The summed E-state index contributed by atoms with van der Waals surface area (Å²) in [6.45, 7) is 4.66. The molecule has 0 amide bonds. The first-order valence-corrected chi connectivity index (χ1v) is 6.28. The zero-order chi connectivity index (χ0) is 14.3. The van der Waals surface area contributed by atoms with E-state index in [1.165, 1.54) is 13.2 Å². The van der Waals surface area contributed by atoms with E-state index in [4.69, 9.17) is 4.74 Å². The summed E-state index contributed by atoms with van der Waals surface area (Å²) in [5.74, 6) is -0.529. The van der Waals surface area contributed by atoms with Gasteiger partial charge in [0.2, 0.25) is 0 Å². The van der Waals surface area contributed by atoms with Gasteiger partial charge < -0.3 is 14.8 Å². The summed E-state index contributed by atoms with van der Waals surface area (Å²) in [5.41, 5.74) is 0.924. The van der Waals surface area contributed by atoms with E-state index >= 15 is 0 Å². The first kappa shape index (κ1) is 15.4. The molecule has 0 bridgehead atoms. The number of carbonyl (C=O) groups is 1. The van der Waals surface area contributed by atoms with Crippen molar-refractivity contribution in [2.75, 3.05) is 20.3 Å². The Hall–Kier alpha value is -1.62. The molecule has 0 radical (unpaired) electrons. The van der Waals surface area contributed by atoms with Gasteiger partial charge in [0.1, 0.15) is 6.04 Å². The fraction of sp³-hybridized carbons (Fsp3) is 0.500. The zero-order valence-corrected chi connectivity index (χ0v) is 11.5. The van der Waals surface area contributed by atoms with Gasteiger partial charge in [-0.2, -0.15) is 0 Å². The van der Waals surface area contributed by atoms with Crippen LogP contribution in [0.3, 0.4) is 0 Å². The summed E-state index contributed by atoms with van der Waals surface area (Å²) < 4.78 is 23.5. The van der Waals surface area contributed by atoms with Crippen molar-refractivity contribution in [2.45, 2.75) is 26.3 Å². The zero-order valence-electron chi connectivity index (χ0n) is 11.5. The summed E-state index contributed by atoms with van der Waals surface area (Å²) in [4.78, 5) is 11.5. The van der Waals surface area contributed by atoms with Crippen molar-refractivity contribution in [2.24, 2.45) is 0 Å². The Bertz CT molecular complexity index is 423. The number of ether oxygens (including phenoxy) is 2. The van der Waals surface area contributed by atoms with Crippen molar-refractivity contribution in [3.05, 3.63) is 29.6 Å². The highest BCUT2D eigenvalue weighted by Crippen LogP contribution is 2.18. The Morgan fingerprint density at radius 2 is 2.21 bits per heavy atom. The molecule has 1 aromatic carbocycles. The summed E-state index contributed by atoms with van der Waals surface area (Å²) >= 11 is 0. The van der Waals surface area contributed by atoms with E-state index in [0.29, 0.717) is 13.0 Å². The maximum Gasteiger partial charge on any atom is 0.322 e. The third-order valence-electron chi connectivity index (χ3n) is 2.69. The average Bonchev–Trinajstić information content (AvgIpc) is 2.40. The van der Waals surface area contributed by atoms with Crippen LogP contribution in [0.1, 0.15) is 18.9 Å². The summed E-state index contributed by atoms with van der Waals surface area (Å²) in [7, 11) is 1.34. The Labute approximate surface area is 112 Å². The van der Waals surface area contributed by atoms with Gasteiger partial charge in [0.05, 0.1) is 13.7 Å². The minimum Gasteiger partial charge on any atom is -0.490 e. The van der Waals surface area contributed by atoms with Crippen LogP contribution in [0.25, 0.3) is 0 Å². The standard InChI is InChI=1S/C14H20FNO3/c1-4-16-12(14(17)18-3)7-8-19-13-9-10(2)5-6-11(13)15/h5-6,9,12,16H,4,7-8H2,1-3H3. The lowest BCUT2D eigenvalue weighted by Crippen LogP contribution is -2.38. The molecule has 1 atom stereocenters. The second-order valence-corrected chi connectivity index (χ2v) is 4.20. The number of benzene rings is 1. The SMILES string of the molecule is CCNC(CCOc1cc(C)ccc1F)C(=O)OC. The molecule has 0 aromatic heterocycles. The molecule has 0 saturated heterocycles. The van der Waals surface area contributed by atoms with Crippen molar-refractivity contribution in [3.8, 4) is 5.75 Å². The van der Waals surface area contributed by atoms with Crippen molar-refractivity contribution in [3.63, 3.8) is 0 Å². The van der Waals surface area contributed by atoms with Crippen LogP contribution in [0.15, 0.2) is 18.2 Å². The molecular weight excluding hydrogens is 249 g/mol. The maximum absolute atomic E-state index is 13.4.